The van der Waals surface area contributed by atoms with E-state index >= 15 is 0 Å². The summed E-state index contributed by atoms with van der Waals surface area (Å²) in [5.41, 5.74) is 1.82. The molecule has 6 nitrogen and oxygen atoms in total. The second-order valence-corrected chi connectivity index (χ2v) is 6.91. The lowest BCUT2D eigenvalue weighted by Gasteiger charge is -2.25. The van der Waals surface area contributed by atoms with Crippen LogP contribution in [0.25, 0.3) is 0 Å². The Balaban J connectivity index is 1.88. The molecule has 156 valence electrons. The van der Waals surface area contributed by atoms with Crippen LogP contribution < -0.4 is 15.5 Å². The van der Waals surface area contributed by atoms with Crippen LogP contribution in [0.3, 0.4) is 0 Å². The largest absolute Gasteiger partial charge is 0.453 e. The third-order valence-electron chi connectivity index (χ3n) is 3.91. The number of ether oxygens (including phenoxy) is 1. The molecule has 0 aliphatic carbocycles. The summed E-state index contributed by atoms with van der Waals surface area (Å²) in [7, 11) is 0. The third-order valence-corrected chi connectivity index (χ3v) is 4.42. The molecular formula is C18H10Cl2F4N4O2. The first-order valence-electron chi connectivity index (χ1n) is 8.13. The molecule has 1 aliphatic heterocycles. The number of hydrogen-bond acceptors (Lipinski definition) is 5. The Morgan fingerprint density at radius 1 is 1.23 bits per heavy atom. The van der Waals surface area contributed by atoms with Gasteiger partial charge in [0.25, 0.3) is 5.91 Å². The van der Waals surface area contributed by atoms with Gasteiger partial charge >= 0.3 is 6.18 Å². The van der Waals surface area contributed by atoms with Gasteiger partial charge in [-0.2, -0.15) is 23.5 Å². The molecule has 3 rings (SSSR count). The molecule has 0 bridgehead atoms. The number of amides is 1. The topological polar surface area (TPSA) is 86.5 Å². The Hall–Kier alpha value is -3.03. The number of nitriles is 1. The highest BCUT2D eigenvalue weighted by molar-refractivity contribution is 6.32. The quantitative estimate of drug-likeness (QED) is 0.665. The maximum atomic E-state index is 15.0. The van der Waals surface area contributed by atoms with Crippen molar-refractivity contribution in [1.29, 1.82) is 5.26 Å². The van der Waals surface area contributed by atoms with Gasteiger partial charge in [0, 0.05) is 11.4 Å². The highest BCUT2D eigenvalue weighted by Gasteiger charge is 2.47. The number of amidine groups is 1. The number of halogens is 6. The molecule has 0 saturated carbocycles. The van der Waals surface area contributed by atoms with Crippen molar-refractivity contribution in [1.82, 2.24) is 10.7 Å². The van der Waals surface area contributed by atoms with E-state index in [0.717, 1.165) is 0 Å². The minimum Gasteiger partial charge on any atom is -0.453 e. The molecule has 1 amide bonds. The molecule has 2 aromatic rings. The van der Waals surface area contributed by atoms with Gasteiger partial charge in [-0.3, -0.25) is 4.79 Å². The first kappa shape index (κ1) is 21.7. The zero-order valence-corrected chi connectivity index (χ0v) is 16.2. The van der Waals surface area contributed by atoms with Crippen molar-refractivity contribution in [3.63, 3.8) is 0 Å². The number of carbonyl (C=O) groups excluding carboxylic acids is 1. The molecule has 0 radical (unpaired) electrons. The molecule has 0 fully saturated rings. The molecule has 1 unspecified atom stereocenters. The van der Waals surface area contributed by atoms with Gasteiger partial charge in [0.1, 0.15) is 11.6 Å². The summed E-state index contributed by atoms with van der Waals surface area (Å²) in [6, 6.07) is 5.91. The molecule has 0 aromatic heterocycles. The van der Waals surface area contributed by atoms with Crippen LogP contribution in [0.2, 0.25) is 10.0 Å². The number of hydrogen-bond donors (Lipinski definition) is 2. The molecule has 1 heterocycles. The Labute approximate surface area is 177 Å². The lowest BCUT2D eigenvalue weighted by Crippen LogP contribution is -2.58. The average Bonchev–Trinajstić information content (AvgIpc) is 2.67. The van der Waals surface area contributed by atoms with Crippen LogP contribution in [0, 0.1) is 17.1 Å². The minimum absolute atomic E-state index is 0.0366. The summed E-state index contributed by atoms with van der Waals surface area (Å²) < 4.78 is 59.1. The summed E-state index contributed by atoms with van der Waals surface area (Å²) in [5.74, 6) is -3.01. The average molecular weight is 461 g/mol. The van der Waals surface area contributed by atoms with E-state index in [1.807, 2.05) is 11.4 Å². The van der Waals surface area contributed by atoms with Gasteiger partial charge in [0.15, 0.2) is 11.6 Å². The van der Waals surface area contributed by atoms with Crippen LogP contribution >= 0.6 is 23.2 Å². The molecule has 2 N–H and O–H groups in total. The number of hydrazone groups is 1. The highest BCUT2D eigenvalue weighted by atomic mass is 35.5. The molecule has 30 heavy (non-hydrogen) atoms. The van der Waals surface area contributed by atoms with E-state index in [4.69, 9.17) is 33.2 Å². The number of nitrogens with one attached hydrogen (secondary N) is 2. The van der Waals surface area contributed by atoms with Crippen LogP contribution in [0.5, 0.6) is 11.5 Å². The Kier molecular flexibility index (Phi) is 6.05. The van der Waals surface area contributed by atoms with Crippen molar-refractivity contribution >= 4 is 34.9 Å². The summed E-state index contributed by atoms with van der Waals surface area (Å²) in [5, 5.41) is 14.5. The number of alkyl halides is 3. The molecule has 0 saturated heterocycles. The molecular weight excluding hydrogens is 451 g/mol. The van der Waals surface area contributed by atoms with E-state index < -0.39 is 36.1 Å². The summed E-state index contributed by atoms with van der Waals surface area (Å²) in [6.07, 6.45) is -5.27. The van der Waals surface area contributed by atoms with Crippen molar-refractivity contribution in [2.45, 2.75) is 18.6 Å². The van der Waals surface area contributed by atoms with Gasteiger partial charge in [0.05, 0.1) is 16.7 Å². The summed E-state index contributed by atoms with van der Waals surface area (Å²) in [6.45, 7) is 0. The molecule has 0 spiro atoms. The van der Waals surface area contributed by atoms with E-state index in [9.17, 15) is 22.4 Å². The standard InChI is InChI=1S/C18H10Cl2F4N4O2/c19-10-3-8(7-25)4-11(6-10)30-15-12(20)2-1-9(14(15)21)5-13-26-16(18(22,23)24)17(29)28-27-13/h1-4,6,16H,5H2,(H,26,27)(H,28,29). The van der Waals surface area contributed by atoms with E-state index in [1.54, 1.807) is 5.43 Å². The van der Waals surface area contributed by atoms with Gasteiger partial charge in [-0.25, -0.2) is 9.82 Å². The first-order chi connectivity index (χ1) is 14.1. The van der Waals surface area contributed by atoms with Gasteiger partial charge in [-0.05, 0) is 29.8 Å². The fourth-order valence-corrected chi connectivity index (χ4v) is 2.97. The number of nitrogens with zero attached hydrogens (tertiary/aromatic N) is 2. The van der Waals surface area contributed by atoms with Crippen molar-refractivity contribution in [2.24, 2.45) is 5.10 Å². The van der Waals surface area contributed by atoms with E-state index in [2.05, 4.69) is 5.10 Å². The van der Waals surface area contributed by atoms with Gasteiger partial charge in [-0.1, -0.05) is 29.3 Å². The van der Waals surface area contributed by atoms with E-state index in [1.165, 1.54) is 30.3 Å². The van der Waals surface area contributed by atoms with Crippen LogP contribution in [0.1, 0.15) is 11.1 Å². The second-order valence-electron chi connectivity index (χ2n) is 6.07. The van der Waals surface area contributed by atoms with Crippen molar-refractivity contribution < 1.29 is 27.1 Å². The van der Waals surface area contributed by atoms with Crippen LogP contribution in [0.15, 0.2) is 35.4 Å². The maximum absolute atomic E-state index is 15.0. The fourth-order valence-electron chi connectivity index (χ4n) is 2.56. The van der Waals surface area contributed by atoms with Gasteiger partial charge in [0.2, 0.25) is 6.04 Å². The van der Waals surface area contributed by atoms with Crippen LogP contribution in [0.4, 0.5) is 17.6 Å². The van der Waals surface area contributed by atoms with E-state index in [0.29, 0.717) is 0 Å². The van der Waals surface area contributed by atoms with Gasteiger partial charge < -0.3 is 10.1 Å². The van der Waals surface area contributed by atoms with Gasteiger partial charge in [-0.15, -0.1) is 0 Å². The van der Waals surface area contributed by atoms with Crippen molar-refractivity contribution in [3.05, 3.63) is 57.3 Å². The minimum atomic E-state index is -4.86. The van der Waals surface area contributed by atoms with Crippen LogP contribution in [-0.2, 0) is 11.2 Å². The first-order valence-corrected chi connectivity index (χ1v) is 8.89. The zero-order chi connectivity index (χ0) is 22.1. The van der Waals surface area contributed by atoms with Crippen LogP contribution in [-0.4, -0.2) is 24.0 Å². The number of benzene rings is 2. The third kappa shape index (κ3) is 4.75. The molecule has 2 aromatic carbocycles. The fraction of sp³-hybridized carbons (Fsp3) is 0.167. The second kappa shape index (κ2) is 8.38. The Morgan fingerprint density at radius 2 is 1.97 bits per heavy atom. The van der Waals surface area contributed by atoms with Crippen molar-refractivity contribution in [2.75, 3.05) is 0 Å². The normalized spacial score (nSPS) is 16.2. The van der Waals surface area contributed by atoms with E-state index in [-0.39, 0.29) is 32.8 Å². The molecule has 1 atom stereocenters. The number of rotatable bonds is 4. The Morgan fingerprint density at radius 3 is 2.63 bits per heavy atom. The van der Waals surface area contributed by atoms with Crippen molar-refractivity contribution in [3.8, 4) is 17.6 Å². The summed E-state index contributed by atoms with van der Waals surface area (Å²) in [4.78, 5) is 11.3. The molecule has 1 aliphatic rings. The zero-order valence-electron chi connectivity index (χ0n) is 14.6. The summed E-state index contributed by atoms with van der Waals surface area (Å²) >= 11 is 11.9. The smallest absolute Gasteiger partial charge is 0.417 e. The predicted molar refractivity (Wildman–Crippen MR) is 99.9 cm³/mol. The monoisotopic (exact) mass is 460 g/mol. The number of carbonyl (C=O) groups is 1. The predicted octanol–water partition coefficient (Wildman–Crippen LogP) is 4.30. The highest BCUT2D eigenvalue weighted by Crippen LogP contribution is 2.35. The lowest BCUT2D eigenvalue weighted by atomic mass is 10.1. The lowest BCUT2D eigenvalue weighted by molar-refractivity contribution is -0.167. The maximum Gasteiger partial charge on any atom is 0.417 e. The molecule has 12 heteroatoms. The Bertz CT molecular complexity index is 1080. The SMILES string of the molecule is N#Cc1cc(Cl)cc(Oc2c(Cl)ccc(CC3=NNC(=O)C(C(F)(F)F)N3)c2F)c1.